The Morgan fingerprint density at radius 2 is 0.735 bits per heavy atom. The summed E-state index contributed by atoms with van der Waals surface area (Å²) < 4.78 is 0. The standard InChI is InChI=1S/C32H64O2/c1-2-3-4-5-6-7-8-9-10-11-14-17-20-23-26-29-32(34)30-27-24-21-18-15-12-13-16-19-22-25-28-31-33/h28,31-34H,2-27,29-30H2,1H3. The number of aliphatic hydroxyl groups excluding tert-OH is 2. The van der Waals surface area contributed by atoms with Crippen molar-refractivity contribution in [2.45, 2.75) is 193 Å². The second-order valence-electron chi connectivity index (χ2n) is 10.9. The number of hydrogen-bond acceptors (Lipinski definition) is 2. The minimum absolute atomic E-state index is 0.0531. The Labute approximate surface area is 215 Å². The van der Waals surface area contributed by atoms with E-state index in [0.29, 0.717) is 0 Å². The summed E-state index contributed by atoms with van der Waals surface area (Å²) in [6, 6.07) is 0. The molecule has 0 saturated carbocycles. The molecule has 1 atom stereocenters. The van der Waals surface area contributed by atoms with Crippen LogP contribution in [0, 0.1) is 0 Å². The molecule has 0 fully saturated rings. The zero-order valence-electron chi connectivity index (χ0n) is 23.4. The predicted octanol–water partition coefficient (Wildman–Crippen LogP) is 11.4. The van der Waals surface area contributed by atoms with Crippen LogP contribution in [0.15, 0.2) is 12.3 Å². The van der Waals surface area contributed by atoms with Crippen molar-refractivity contribution in [2.75, 3.05) is 0 Å². The molecular weight excluding hydrogens is 416 g/mol. The van der Waals surface area contributed by atoms with E-state index >= 15 is 0 Å². The van der Waals surface area contributed by atoms with Crippen molar-refractivity contribution in [3.63, 3.8) is 0 Å². The average Bonchev–Trinajstić information content (AvgIpc) is 2.84. The molecule has 2 heteroatoms. The maximum atomic E-state index is 10.2. The van der Waals surface area contributed by atoms with Crippen LogP contribution >= 0.6 is 0 Å². The topological polar surface area (TPSA) is 40.5 Å². The number of rotatable bonds is 29. The first kappa shape index (κ1) is 33.5. The molecule has 0 bridgehead atoms. The third-order valence-corrected chi connectivity index (χ3v) is 7.40. The Kier molecular flexibility index (Phi) is 30.1. The summed E-state index contributed by atoms with van der Waals surface area (Å²) in [6.07, 6.45) is 40.2. The Balaban J connectivity index is 3.14. The third-order valence-electron chi connectivity index (χ3n) is 7.40. The Hall–Kier alpha value is -0.500. The van der Waals surface area contributed by atoms with E-state index in [4.69, 9.17) is 5.11 Å². The van der Waals surface area contributed by atoms with Gasteiger partial charge in [0, 0.05) is 0 Å². The van der Waals surface area contributed by atoms with Gasteiger partial charge in [-0.15, -0.1) is 0 Å². The fraction of sp³-hybridized carbons (Fsp3) is 0.938. The van der Waals surface area contributed by atoms with Gasteiger partial charge in [0.1, 0.15) is 0 Å². The quantitative estimate of drug-likeness (QED) is 0.0825. The smallest absolute Gasteiger partial charge is 0.0751 e. The van der Waals surface area contributed by atoms with E-state index in [0.717, 1.165) is 19.3 Å². The lowest BCUT2D eigenvalue weighted by Crippen LogP contribution is -2.05. The first-order chi connectivity index (χ1) is 16.8. The van der Waals surface area contributed by atoms with E-state index in [-0.39, 0.29) is 6.10 Å². The van der Waals surface area contributed by atoms with E-state index in [1.165, 1.54) is 167 Å². The molecule has 34 heavy (non-hydrogen) atoms. The molecule has 0 aromatic rings. The number of unbranched alkanes of at least 4 members (excludes halogenated alkanes) is 24. The largest absolute Gasteiger partial charge is 0.516 e. The van der Waals surface area contributed by atoms with Crippen molar-refractivity contribution < 1.29 is 10.2 Å². The van der Waals surface area contributed by atoms with Crippen LogP contribution in [0.1, 0.15) is 187 Å². The molecule has 0 amide bonds. The van der Waals surface area contributed by atoms with Crippen LogP contribution < -0.4 is 0 Å². The zero-order valence-corrected chi connectivity index (χ0v) is 23.4. The van der Waals surface area contributed by atoms with Gasteiger partial charge in [-0.25, -0.2) is 0 Å². The summed E-state index contributed by atoms with van der Waals surface area (Å²) in [5, 5.41) is 18.8. The van der Waals surface area contributed by atoms with Gasteiger partial charge < -0.3 is 10.2 Å². The molecule has 0 rings (SSSR count). The van der Waals surface area contributed by atoms with Crippen LogP contribution in [0.4, 0.5) is 0 Å². The molecule has 0 spiro atoms. The van der Waals surface area contributed by atoms with Crippen LogP contribution in [-0.2, 0) is 0 Å². The van der Waals surface area contributed by atoms with E-state index in [1.807, 2.05) is 6.08 Å². The van der Waals surface area contributed by atoms with E-state index in [1.54, 1.807) is 0 Å². The summed E-state index contributed by atoms with van der Waals surface area (Å²) in [7, 11) is 0. The molecule has 2 N–H and O–H groups in total. The van der Waals surface area contributed by atoms with Crippen molar-refractivity contribution in [3.8, 4) is 0 Å². The van der Waals surface area contributed by atoms with Gasteiger partial charge in [0.15, 0.2) is 0 Å². The molecule has 0 aromatic carbocycles. The molecular formula is C32H64O2. The fourth-order valence-corrected chi connectivity index (χ4v) is 5.03. The monoisotopic (exact) mass is 480 g/mol. The summed E-state index contributed by atoms with van der Waals surface area (Å²) in [5.41, 5.74) is 0. The lowest BCUT2D eigenvalue weighted by Gasteiger charge is -2.10. The normalized spacial score (nSPS) is 12.6. The van der Waals surface area contributed by atoms with Gasteiger partial charge in [-0.1, -0.05) is 167 Å². The first-order valence-electron chi connectivity index (χ1n) is 15.8. The number of aliphatic hydroxyl groups is 2. The van der Waals surface area contributed by atoms with Gasteiger partial charge in [0.25, 0.3) is 0 Å². The molecule has 0 saturated heterocycles. The van der Waals surface area contributed by atoms with Gasteiger partial charge in [-0.3, -0.25) is 0 Å². The van der Waals surface area contributed by atoms with E-state index < -0.39 is 0 Å². The summed E-state index contributed by atoms with van der Waals surface area (Å²) >= 11 is 0. The molecule has 204 valence electrons. The Morgan fingerprint density at radius 3 is 1.06 bits per heavy atom. The van der Waals surface area contributed by atoms with Gasteiger partial charge in [0.2, 0.25) is 0 Å². The van der Waals surface area contributed by atoms with Crippen LogP contribution in [0.5, 0.6) is 0 Å². The molecule has 0 aromatic heterocycles. The van der Waals surface area contributed by atoms with Crippen molar-refractivity contribution in [3.05, 3.63) is 12.3 Å². The number of allylic oxidation sites excluding steroid dienone is 1. The van der Waals surface area contributed by atoms with Crippen molar-refractivity contribution >= 4 is 0 Å². The molecule has 0 radical (unpaired) electrons. The third kappa shape index (κ3) is 29.5. The molecule has 2 nitrogen and oxygen atoms in total. The van der Waals surface area contributed by atoms with Crippen LogP contribution in [-0.4, -0.2) is 16.3 Å². The lowest BCUT2D eigenvalue weighted by atomic mass is 10.0. The highest BCUT2D eigenvalue weighted by Gasteiger charge is 2.04. The zero-order chi connectivity index (χ0) is 24.8. The molecule has 0 aliphatic carbocycles. The highest BCUT2D eigenvalue weighted by Crippen LogP contribution is 2.16. The van der Waals surface area contributed by atoms with Gasteiger partial charge in [-0.05, 0) is 25.7 Å². The average molecular weight is 481 g/mol. The minimum Gasteiger partial charge on any atom is -0.516 e. The Morgan fingerprint density at radius 1 is 0.441 bits per heavy atom. The van der Waals surface area contributed by atoms with Crippen molar-refractivity contribution in [2.24, 2.45) is 0 Å². The minimum atomic E-state index is -0.0531. The maximum Gasteiger partial charge on any atom is 0.0751 e. The SMILES string of the molecule is CCCCCCCCCCCCCCCCCC(O)CCCCCCCCCCCCC=CO. The van der Waals surface area contributed by atoms with Gasteiger partial charge >= 0.3 is 0 Å². The highest BCUT2D eigenvalue weighted by molar-refractivity contribution is 4.70. The number of hydrogen-bond donors (Lipinski definition) is 2. The van der Waals surface area contributed by atoms with Crippen molar-refractivity contribution in [1.29, 1.82) is 0 Å². The lowest BCUT2D eigenvalue weighted by molar-refractivity contribution is 0.147. The maximum absolute atomic E-state index is 10.2. The Bertz CT molecular complexity index is 379. The highest BCUT2D eigenvalue weighted by atomic mass is 16.3. The van der Waals surface area contributed by atoms with Crippen LogP contribution in [0.2, 0.25) is 0 Å². The van der Waals surface area contributed by atoms with Gasteiger partial charge in [0.05, 0.1) is 12.4 Å². The van der Waals surface area contributed by atoms with Gasteiger partial charge in [-0.2, -0.15) is 0 Å². The van der Waals surface area contributed by atoms with Crippen LogP contribution in [0.25, 0.3) is 0 Å². The molecule has 0 aliphatic rings. The second kappa shape index (κ2) is 30.5. The molecule has 0 aliphatic heterocycles. The predicted molar refractivity (Wildman–Crippen MR) is 153 cm³/mol. The van der Waals surface area contributed by atoms with E-state index in [9.17, 15) is 5.11 Å². The second-order valence-corrected chi connectivity index (χ2v) is 10.9. The summed E-state index contributed by atoms with van der Waals surface area (Å²) in [5.74, 6) is 0. The van der Waals surface area contributed by atoms with Crippen LogP contribution in [0.3, 0.4) is 0 Å². The summed E-state index contributed by atoms with van der Waals surface area (Å²) in [6.45, 7) is 2.29. The first-order valence-corrected chi connectivity index (χ1v) is 15.8. The molecule has 1 unspecified atom stereocenters. The van der Waals surface area contributed by atoms with Crippen molar-refractivity contribution in [1.82, 2.24) is 0 Å². The van der Waals surface area contributed by atoms with E-state index in [2.05, 4.69) is 6.92 Å². The molecule has 0 heterocycles. The fourth-order valence-electron chi connectivity index (χ4n) is 5.03. The summed E-state index contributed by atoms with van der Waals surface area (Å²) in [4.78, 5) is 0.